The Kier molecular flexibility index (Phi) is 7.06. The Morgan fingerprint density at radius 2 is 1.80 bits per heavy atom. The third kappa shape index (κ3) is 5.10. The fraction of sp³-hybridized carbons (Fsp3) is 0.448. The van der Waals surface area contributed by atoms with Crippen LogP contribution >= 0.6 is 0 Å². The van der Waals surface area contributed by atoms with E-state index >= 15 is 0 Å². The topological polar surface area (TPSA) is 135 Å². The zero-order valence-electron chi connectivity index (χ0n) is 23.5. The van der Waals surface area contributed by atoms with Crippen LogP contribution in [0.5, 0.6) is 0 Å². The summed E-state index contributed by atoms with van der Waals surface area (Å²) in [6.07, 6.45) is 12.1. The molecule has 41 heavy (non-hydrogen) atoms. The average molecular weight is 578 g/mol. The third-order valence-corrected chi connectivity index (χ3v) is 10.0. The number of carboxylic acid groups (broad SMARTS) is 1. The normalized spacial score (nSPS) is 21.5. The van der Waals surface area contributed by atoms with Crippen molar-refractivity contribution in [2.45, 2.75) is 69.4 Å². The Hall–Kier alpha value is -3.77. The summed E-state index contributed by atoms with van der Waals surface area (Å²) in [6.45, 7) is 5.25. The fourth-order valence-corrected chi connectivity index (χ4v) is 6.95. The summed E-state index contributed by atoms with van der Waals surface area (Å²) >= 11 is 0. The Balaban J connectivity index is 1.46. The molecule has 1 atom stereocenters. The molecule has 0 spiro atoms. The van der Waals surface area contributed by atoms with Crippen LogP contribution in [0.25, 0.3) is 33.5 Å². The molecule has 6 rings (SSSR count). The molecule has 2 aliphatic rings. The molecule has 11 nitrogen and oxygen atoms in total. The molecule has 1 saturated heterocycles. The van der Waals surface area contributed by atoms with Gasteiger partial charge < -0.3 is 10.0 Å². The smallest absolute Gasteiger partial charge is 0.417 e. The van der Waals surface area contributed by atoms with Gasteiger partial charge in [0.2, 0.25) is 10.0 Å². The number of aromatic nitrogens is 5. The molecule has 1 saturated carbocycles. The van der Waals surface area contributed by atoms with Crippen LogP contribution in [0.15, 0.2) is 47.9 Å². The largest absolute Gasteiger partial charge is 0.464 e. The van der Waals surface area contributed by atoms with E-state index in [4.69, 9.17) is 4.98 Å². The number of carbonyl (C=O) groups is 1. The van der Waals surface area contributed by atoms with E-state index in [0.717, 1.165) is 66.8 Å². The first kappa shape index (κ1) is 27.4. The minimum Gasteiger partial charge on any atom is -0.464 e. The van der Waals surface area contributed by atoms with Gasteiger partial charge in [-0.3, -0.25) is 4.68 Å². The van der Waals surface area contributed by atoms with Crippen LogP contribution in [0.4, 0.5) is 10.5 Å². The molecule has 2 N–H and O–H groups in total. The molecule has 1 unspecified atom stereocenters. The quantitative estimate of drug-likeness (QED) is 0.322. The van der Waals surface area contributed by atoms with Crippen LogP contribution < -0.4 is 9.62 Å². The molecule has 0 radical (unpaired) electrons. The first-order valence-corrected chi connectivity index (χ1v) is 15.6. The highest BCUT2D eigenvalue weighted by atomic mass is 32.2. The van der Waals surface area contributed by atoms with Gasteiger partial charge in [-0.2, -0.15) is 5.10 Å². The van der Waals surface area contributed by atoms with Gasteiger partial charge in [-0.25, -0.2) is 32.5 Å². The minimum atomic E-state index is -3.73. The molecule has 1 aliphatic carbocycles. The van der Waals surface area contributed by atoms with Crippen molar-refractivity contribution >= 4 is 33.0 Å². The molecule has 4 heterocycles. The Morgan fingerprint density at radius 1 is 1.02 bits per heavy atom. The van der Waals surface area contributed by atoms with Gasteiger partial charge in [0.1, 0.15) is 5.52 Å². The molecule has 216 valence electrons. The van der Waals surface area contributed by atoms with Crippen molar-refractivity contribution in [1.82, 2.24) is 29.0 Å². The first-order chi connectivity index (χ1) is 19.6. The van der Waals surface area contributed by atoms with Crippen LogP contribution in [-0.2, 0) is 10.0 Å². The summed E-state index contributed by atoms with van der Waals surface area (Å²) in [5.74, 6) is 0.722. The summed E-state index contributed by atoms with van der Waals surface area (Å²) < 4.78 is 31.2. The van der Waals surface area contributed by atoms with Crippen LogP contribution in [0.1, 0.15) is 58.4 Å². The van der Waals surface area contributed by atoms with Crippen LogP contribution in [-0.4, -0.2) is 63.6 Å². The van der Waals surface area contributed by atoms with Crippen molar-refractivity contribution in [3.8, 4) is 22.4 Å². The zero-order chi connectivity index (χ0) is 28.9. The number of sulfonamides is 1. The van der Waals surface area contributed by atoms with Gasteiger partial charge in [0.05, 0.1) is 29.0 Å². The molecule has 4 aromatic rings. The van der Waals surface area contributed by atoms with E-state index in [1.807, 2.05) is 16.9 Å². The van der Waals surface area contributed by atoms with E-state index in [0.29, 0.717) is 28.4 Å². The summed E-state index contributed by atoms with van der Waals surface area (Å²) in [5.41, 5.74) is 3.84. The van der Waals surface area contributed by atoms with Crippen molar-refractivity contribution in [2.75, 3.05) is 18.5 Å². The number of nitrogens with zero attached hydrogens (tertiary/aromatic N) is 6. The van der Waals surface area contributed by atoms with Crippen LogP contribution in [0, 0.1) is 5.92 Å². The molecule has 0 amide bonds. The van der Waals surface area contributed by atoms with Gasteiger partial charge >= 0.3 is 6.09 Å². The predicted molar refractivity (Wildman–Crippen MR) is 157 cm³/mol. The molecule has 12 heteroatoms. The maximum atomic E-state index is 12.9. The van der Waals surface area contributed by atoms with Crippen molar-refractivity contribution < 1.29 is 18.3 Å². The Morgan fingerprint density at radius 3 is 2.49 bits per heavy atom. The lowest BCUT2D eigenvalue weighted by Gasteiger charge is -2.26. The van der Waals surface area contributed by atoms with Gasteiger partial charge in [-0.1, -0.05) is 6.92 Å². The summed E-state index contributed by atoms with van der Waals surface area (Å²) in [6, 6.07) is 5.81. The second kappa shape index (κ2) is 10.6. The van der Waals surface area contributed by atoms with E-state index < -0.39 is 16.1 Å². The maximum absolute atomic E-state index is 12.9. The maximum Gasteiger partial charge on any atom is 0.417 e. The molecule has 2 fully saturated rings. The SMILES string of the molecule is CNS(=O)(=O)c1cc(-c2cnc3c(n2)c(-c2cnn(C4CCC(C)CC4)c2)cn3C(=O)O)cc(N2CCCC2C)c1. The number of fused-ring (bicyclic) bond motifs is 1. The highest BCUT2D eigenvalue weighted by Gasteiger charge is 2.26. The molecular formula is C29H35N7O4S. The highest BCUT2D eigenvalue weighted by molar-refractivity contribution is 7.89. The predicted octanol–water partition coefficient (Wildman–Crippen LogP) is 5.14. The fourth-order valence-electron chi connectivity index (χ4n) is 6.16. The standard InChI is InChI=1S/C29H35N7O4S/c1-18-6-8-22(9-7-18)36-16-21(14-32-36)25-17-35(29(37)38)28-27(25)33-26(15-31-28)20-11-23(34-10-4-5-19(34)2)13-24(12-20)41(39,40)30-3/h11-19,22,30H,4-10H2,1-3H3,(H,37,38). The highest BCUT2D eigenvalue weighted by Crippen LogP contribution is 2.36. The monoisotopic (exact) mass is 577 g/mol. The van der Waals surface area contributed by atoms with Crippen molar-refractivity contribution in [2.24, 2.45) is 5.92 Å². The number of benzene rings is 1. The van der Waals surface area contributed by atoms with Crippen molar-refractivity contribution in [3.63, 3.8) is 0 Å². The van der Waals surface area contributed by atoms with E-state index in [1.54, 1.807) is 18.3 Å². The van der Waals surface area contributed by atoms with Crippen molar-refractivity contribution in [3.05, 3.63) is 43.0 Å². The molecule has 0 bridgehead atoms. The number of nitrogens with one attached hydrogen (secondary N) is 1. The van der Waals surface area contributed by atoms with Gasteiger partial charge in [0, 0.05) is 47.4 Å². The number of anilines is 1. The third-order valence-electron chi connectivity index (χ3n) is 8.62. The molecule has 1 aromatic carbocycles. The van der Waals surface area contributed by atoms with E-state index in [9.17, 15) is 18.3 Å². The second-order valence-corrected chi connectivity index (χ2v) is 13.2. The van der Waals surface area contributed by atoms with E-state index in [-0.39, 0.29) is 16.6 Å². The van der Waals surface area contributed by atoms with Gasteiger partial charge in [0.25, 0.3) is 0 Å². The zero-order valence-corrected chi connectivity index (χ0v) is 24.3. The average Bonchev–Trinajstić information content (AvgIpc) is 3.71. The first-order valence-electron chi connectivity index (χ1n) is 14.2. The number of rotatable bonds is 6. The van der Waals surface area contributed by atoms with Gasteiger partial charge in [-0.15, -0.1) is 0 Å². The van der Waals surface area contributed by atoms with Crippen LogP contribution in [0.3, 0.4) is 0 Å². The molecule has 3 aromatic heterocycles. The van der Waals surface area contributed by atoms with Crippen LogP contribution in [0.2, 0.25) is 0 Å². The minimum absolute atomic E-state index is 0.139. The molecular weight excluding hydrogens is 542 g/mol. The molecule has 1 aliphatic heterocycles. The lowest BCUT2D eigenvalue weighted by atomic mass is 9.87. The van der Waals surface area contributed by atoms with Crippen molar-refractivity contribution in [1.29, 1.82) is 0 Å². The van der Waals surface area contributed by atoms with Gasteiger partial charge in [-0.05, 0) is 76.6 Å². The summed E-state index contributed by atoms with van der Waals surface area (Å²) in [4.78, 5) is 23.8. The summed E-state index contributed by atoms with van der Waals surface area (Å²) in [7, 11) is -2.34. The summed E-state index contributed by atoms with van der Waals surface area (Å²) in [5, 5.41) is 14.5. The lowest BCUT2D eigenvalue weighted by molar-refractivity contribution is 0.197. The Bertz CT molecular complexity index is 1720. The number of hydrogen-bond donors (Lipinski definition) is 2. The van der Waals surface area contributed by atoms with E-state index in [2.05, 4.69) is 33.6 Å². The van der Waals surface area contributed by atoms with Gasteiger partial charge in [0.15, 0.2) is 5.65 Å². The van der Waals surface area contributed by atoms with E-state index in [1.165, 1.54) is 19.4 Å². The second-order valence-electron chi connectivity index (χ2n) is 11.4. The lowest BCUT2D eigenvalue weighted by Crippen LogP contribution is -2.27. The number of hydrogen-bond acceptors (Lipinski definition) is 7. The Labute approximate surface area is 239 Å².